The number of esters is 1. The normalized spacial score (nSPS) is 25.0. The Labute approximate surface area is 158 Å². The van der Waals surface area contributed by atoms with Crippen molar-refractivity contribution in [2.24, 2.45) is 5.92 Å². The molecule has 2 fully saturated rings. The van der Waals surface area contributed by atoms with Crippen molar-refractivity contribution in [3.05, 3.63) is 0 Å². The van der Waals surface area contributed by atoms with E-state index >= 15 is 0 Å². The summed E-state index contributed by atoms with van der Waals surface area (Å²) in [6, 6.07) is -1.33. The molecule has 27 heavy (non-hydrogen) atoms. The number of carbonyl (C=O) groups excluding carboxylic acids is 3. The van der Waals surface area contributed by atoms with E-state index in [1.165, 1.54) is 9.80 Å². The highest BCUT2D eigenvalue weighted by atomic mass is 16.6. The summed E-state index contributed by atoms with van der Waals surface area (Å²) in [5, 5.41) is 9.17. The van der Waals surface area contributed by atoms with Gasteiger partial charge in [0.2, 0.25) is 5.91 Å². The lowest BCUT2D eigenvalue weighted by atomic mass is 9.86. The monoisotopic (exact) mass is 384 g/mol. The molecule has 2 saturated heterocycles. The van der Waals surface area contributed by atoms with Crippen LogP contribution in [0.1, 0.15) is 48.0 Å². The Bertz CT molecular complexity index is 647. The molecule has 0 aromatic heterocycles. The number of ether oxygens (including phenoxy) is 2. The fourth-order valence-corrected chi connectivity index (χ4v) is 3.47. The summed E-state index contributed by atoms with van der Waals surface area (Å²) in [7, 11) is 0. The second-order valence-electron chi connectivity index (χ2n) is 8.98. The minimum Gasteiger partial charge on any atom is -0.481 e. The number of amides is 2. The smallest absolute Gasteiger partial charge is 0.411 e. The van der Waals surface area contributed by atoms with Gasteiger partial charge in [0.15, 0.2) is 0 Å². The van der Waals surface area contributed by atoms with E-state index in [0.717, 1.165) is 0 Å². The molecular weight excluding hydrogens is 356 g/mol. The van der Waals surface area contributed by atoms with Crippen LogP contribution in [-0.2, 0) is 23.9 Å². The van der Waals surface area contributed by atoms with Crippen LogP contribution in [0.15, 0.2) is 0 Å². The van der Waals surface area contributed by atoms with Crippen LogP contribution in [0, 0.1) is 5.92 Å². The molecule has 2 aliphatic rings. The minimum atomic E-state index is -1.03. The molecule has 0 aromatic rings. The van der Waals surface area contributed by atoms with Gasteiger partial charge in [-0.1, -0.05) is 0 Å². The SMILES string of the molecule is CC(C)(C)OC(=O)CN1C(=O)[C@@H]2[C@H]1[C@H](CC(=O)O)CN2C(=O)OC(C)(C)C. The average molecular weight is 384 g/mol. The lowest BCUT2D eigenvalue weighted by molar-refractivity contribution is -0.169. The quantitative estimate of drug-likeness (QED) is 0.573. The molecule has 0 bridgehead atoms. The van der Waals surface area contributed by atoms with Crippen molar-refractivity contribution < 1.29 is 33.8 Å². The predicted molar refractivity (Wildman–Crippen MR) is 93.8 cm³/mol. The maximum Gasteiger partial charge on any atom is 0.411 e. The first-order valence-corrected chi connectivity index (χ1v) is 8.93. The molecule has 152 valence electrons. The third kappa shape index (κ3) is 4.90. The van der Waals surface area contributed by atoms with Crippen molar-refractivity contribution in [3.63, 3.8) is 0 Å². The van der Waals surface area contributed by atoms with E-state index in [2.05, 4.69) is 0 Å². The summed E-state index contributed by atoms with van der Waals surface area (Å²) in [6.45, 7) is 10.1. The highest BCUT2D eigenvalue weighted by Gasteiger charge is 2.61. The Morgan fingerprint density at radius 1 is 1.07 bits per heavy atom. The molecule has 0 spiro atoms. The Balaban J connectivity index is 2.15. The van der Waals surface area contributed by atoms with Gasteiger partial charge in [-0.05, 0) is 41.5 Å². The number of carboxylic acids is 1. The van der Waals surface area contributed by atoms with E-state index in [-0.39, 0.29) is 19.5 Å². The first kappa shape index (κ1) is 21.0. The number of β-lactam (4-membered cyclic amide) rings is 1. The van der Waals surface area contributed by atoms with Gasteiger partial charge in [0.05, 0.1) is 12.5 Å². The third-order valence-corrected chi connectivity index (χ3v) is 4.25. The standard InChI is InChI=1S/C18H28N2O7/c1-17(2,3)26-12(23)9-19-13-10(7-11(21)22)8-20(14(13)15(19)24)16(25)27-18(4,5)6/h10,13-14H,7-9H2,1-6H3,(H,21,22)/t10-,13-,14+/m1/s1. The van der Waals surface area contributed by atoms with Crippen LogP contribution >= 0.6 is 0 Å². The second kappa shape index (κ2) is 7.01. The topological polar surface area (TPSA) is 113 Å². The molecule has 2 heterocycles. The number of hydrogen-bond donors (Lipinski definition) is 1. The predicted octanol–water partition coefficient (Wildman–Crippen LogP) is 1.25. The molecule has 1 N–H and O–H groups in total. The van der Waals surface area contributed by atoms with E-state index < -0.39 is 53.1 Å². The zero-order chi connectivity index (χ0) is 20.7. The third-order valence-electron chi connectivity index (χ3n) is 4.25. The van der Waals surface area contributed by atoms with Crippen LogP contribution in [0.25, 0.3) is 0 Å². The summed E-state index contributed by atoms with van der Waals surface area (Å²) in [4.78, 5) is 50.9. The van der Waals surface area contributed by atoms with Gasteiger partial charge in [0.25, 0.3) is 0 Å². The molecule has 0 saturated carbocycles. The molecular formula is C18H28N2O7. The first-order valence-electron chi connectivity index (χ1n) is 8.93. The zero-order valence-corrected chi connectivity index (χ0v) is 16.6. The van der Waals surface area contributed by atoms with Gasteiger partial charge < -0.3 is 19.5 Å². The summed E-state index contributed by atoms with van der Waals surface area (Å²) in [6.07, 6.45) is -0.867. The van der Waals surface area contributed by atoms with Crippen LogP contribution in [-0.4, -0.2) is 75.2 Å². The molecule has 0 aromatic carbocycles. The maximum atomic E-state index is 12.6. The summed E-state index contributed by atoms with van der Waals surface area (Å²) in [5.74, 6) is -2.47. The molecule has 2 aliphatic heterocycles. The van der Waals surface area contributed by atoms with E-state index in [9.17, 15) is 24.3 Å². The van der Waals surface area contributed by atoms with Crippen LogP contribution in [0.5, 0.6) is 0 Å². The van der Waals surface area contributed by atoms with Crippen molar-refractivity contribution >= 4 is 23.9 Å². The van der Waals surface area contributed by atoms with Gasteiger partial charge in [-0.15, -0.1) is 0 Å². The van der Waals surface area contributed by atoms with Gasteiger partial charge >= 0.3 is 18.0 Å². The van der Waals surface area contributed by atoms with Crippen molar-refractivity contribution in [2.45, 2.75) is 71.2 Å². The molecule has 0 aliphatic carbocycles. The number of likely N-dealkylation sites (tertiary alicyclic amines) is 2. The lowest BCUT2D eigenvalue weighted by Crippen LogP contribution is -2.69. The van der Waals surface area contributed by atoms with E-state index in [1.54, 1.807) is 41.5 Å². The molecule has 2 amide bonds. The first-order chi connectivity index (χ1) is 12.2. The zero-order valence-electron chi connectivity index (χ0n) is 16.6. The molecule has 2 rings (SSSR count). The number of rotatable bonds is 4. The Morgan fingerprint density at radius 2 is 1.63 bits per heavy atom. The Kier molecular flexibility index (Phi) is 5.45. The molecule has 3 atom stereocenters. The van der Waals surface area contributed by atoms with Crippen LogP contribution in [0.2, 0.25) is 0 Å². The number of carboxylic acid groups (broad SMARTS) is 1. The average Bonchev–Trinajstić information content (AvgIpc) is 2.75. The van der Waals surface area contributed by atoms with Gasteiger partial charge in [0.1, 0.15) is 23.8 Å². The summed E-state index contributed by atoms with van der Waals surface area (Å²) in [5.41, 5.74) is -1.43. The van der Waals surface area contributed by atoms with Crippen LogP contribution in [0.3, 0.4) is 0 Å². The Morgan fingerprint density at radius 3 is 2.11 bits per heavy atom. The van der Waals surface area contributed by atoms with Crippen molar-refractivity contribution in [1.82, 2.24) is 9.80 Å². The molecule has 0 radical (unpaired) electrons. The number of nitrogens with zero attached hydrogens (tertiary/aromatic N) is 2. The number of fused-ring (bicyclic) bond motifs is 1. The summed E-state index contributed by atoms with van der Waals surface area (Å²) < 4.78 is 10.6. The second-order valence-corrected chi connectivity index (χ2v) is 8.98. The Hall–Kier alpha value is -2.32. The summed E-state index contributed by atoms with van der Waals surface area (Å²) >= 11 is 0. The number of carbonyl (C=O) groups is 4. The lowest BCUT2D eigenvalue weighted by Gasteiger charge is -2.46. The largest absolute Gasteiger partial charge is 0.481 e. The van der Waals surface area contributed by atoms with E-state index in [0.29, 0.717) is 0 Å². The van der Waals surface area contributed by atoms with Crippen molar-refractivity contribution in [3.8, 4) is 0 Å². The molecule has 9 nitrogen and oxygen atoms in total. The van der Waals surface area contributed by atoms with Crippen LogP contribution in [0.4, 0.5) is 4.79 Å². The highest BCUT2D eigenvalue weighted by molar-refractivity contribution is 5.96. The van der Waals surface area contributed by atoms with Crippen molar-refractivity contribution in [2.75, 3.05) is 13.1 Å². The minimum absolute atomic E-state index is 0.0904. The van der Waals surface area contributed by atoms with Crippen LogP contribution < -0.4 is 0 Å². The number of hydrogen-bond acceptors (Lipinski definition) is 6. The fraction of sp³-hybridized carbons (Fsp3) is 0.778. The molecule has 0 unspecified atom stereocenters. The highest BCUT2D eigenvalue weighted by Crippen LogP contribution is 2.40. The fourth-order valence-electron chi connectivity index (χ4n) is 3.47. The molecule has 9 heteroatoms. The van der Waals surface area contributed by atoms with Gasteiger partial charge in [0, 0.05) is 12.5 Å². The van der Waals surface area contributed by atoms with Gasteiger partial charge in [-0.2, -0.15) is 0 Å². The van der Waals surface area contributed by atoms with Crippen molar-refractivity contribution in [1.29, 1.82) is 0 Å². The van der Waals surface area contributed by atoms with E-state index in [1.807, 2.05) is 0 Å². The van der Waals surface area contributed by atoms with Gasteiger partial charge in [-0.3, -0.25) is 19.3 Å². The number of aliphatic carboxylic acids is 1. The van der Waals surface area contributed by atoms with Gasteiger partial charge in [-0.25, -0.2) is 4.79 Å². The maximum absolute atomic E-state index is 12.6. The van der Waals surface area contributed by atoms with E-state index in [4.69, 9.17) is 9.47 Å².